The summed E-state index contributed by atoms with van der Waals surface area (Å²) in [6.07, 6.45) is 6.79. The Hall–Kier alpha value is -2.10. The lowest BCUT2D eigenvalue weighted by molar-refractivity contribution is -0.133. The van der Waals surface area contributed by atoms with Crippen molar-refractivity contribution in [2.45, 2.75) is 33.1 Å². The van der Waals surface area contributed by atoms with Crippen LogP contribution in [0.3, 0.4) is 0 Å². The smallest absolute Gasteiger partial charge is 0.243 e. The summed E-state index contributed by atoms with van der Waals surface area (Å²) in [5.41, 5.74) is 3.00. The predicted octanol–water partition coefficient (Wildman–Crippen LogP) is 3.06. The van der Waals surface area contributed by atoms with Gasteiger partial charge in [-0.2, -0.15) is 0 Å². The van der Waals surface area contributed by atoms with Crippen LogP contribution in [0.1, 0.15) is 30.4 Å². The van der Waals surface area contributed by atoms with E-state index in [1.54, 1.807) is 7.05 Å². The molecule has 2 rings (SSSR count). The highest BCUT2D eigenvalue weighted by molar-refractivity contribution is 5.95. The number of rotatable bonds is 5. The van der Waals surface area contributed by atoms with Gasteiger partial charge in [0.25, 0.3) is 0 Å². The molecule has 4 heteroatoms. The summed E-state index contributed by atoms with van der Waals surface area (Å²) < 4.78 is 0. The Kier molecular flexibility index (Phi) is 5.36. The van der Waals surface area contributed by atoms with Gasteiger partial charge >= 0.3 is 0 Å². The van der Waals surface area contributed by atoms with Gasteiger partial charge in [0.1, 0.15) is 0 Å². The molecule has 2 amide bonds. The van der Waals surface area contributed by atoms with Crippen LogP contribution in [-0.4, -0.2) is 30.3 Å². The minimum atomic E-state index is -0.161. The van der Waals surface area contributed by atoms with E-state index in [0.717, 1.165) is 29.7 Å². The largest absolute Gasteiger partial charge is 0.336 e. The van der Waals surface area contributed by atoms with E-state index in [1.165, 1.54) is 4.90 Å². The molecule has 1 atom stereocenters. The molecule has 4 nitrogen and oxygen atoms in total. The first-order valence-corrected chi connectivity index (χ1v) is 7.74. The highest BCUT2D eigenvalue weighted by Crippen LogP contribution is 2.21. The Labute approximate surface area is 132 Å². The number of allylic oxidation sites excluding steroid dienone is 2. The minimum Gasteiger partial charge on any atom is -0.336 e. The van der Waals surface area contributed by atoms with Crippen LogP contribution in [-0.2, 0) is 9.59 Å². The molecule has 0 saturated carbocycles. The Morgan fingerprint density at radius 1 is 1.32 bits per heavy atom. The van der Waals surface area contributed by atoms with Gasteiger partial charge in [0.05, 0.1) is 6.54 Å². The summed E-state index contributed by atoms with van der Waals surface area (Å²) in [4.78, 5) is 25.7. The Morgan fingerprint density at radius 3 is 2.77 bits per heavy atom. The van der Waals surface area contributed by atoms with Crippen molar-refractivity contribution in [3.8, 4) is 0 Å². The van der Waals surface area contributed by atoms with Crippen molar-refractivity contribution >= 4 is 17.5 Å². The summed E-state index contributed by atoms with van der Waals surface area (Å²) in [6.45, 7) is 4.07. The van der Waals surface area contributed by atoms with Crippen LogP contribution in [0.4, 0.5) is 5.69 Å². The predicted molar refractivity (Wildman–Crippen MR) is 88.7 cm³/mol. The Morgan fingerprint density at radius 2 is 2.09 bits per heavy atom. The molecular formula is C18H24N2O2. The SMILES string of the molecule is Cc1cccc(NC(=O)CN(C)C(=O)CC2C=CCC2)c1C. The molecule has 0 saturated heterocycles. The maximum atomic E-state index is 12.1. The number of anilines is 1. The number of aryl methyl sites for hydroxylation is 1. The molecule has 22 heavy (non-hydrogen) atoms. The summed E-state index contributed by atoms with van der Waals surface area (Å²) in [6, 6.07) is 5.81. The molecule has 1 N–H and O–H groups in total. The first kappa shape index (κ1) is 16.3. The minimum absolute atomic E-state index is 0.0210. The average molecular weight is 300 g/mol. The van der Waals surface area contributed by atoms with Gasteiger partial charge in [-0.3, -0.25) is 9.59 Å². The third kappa shape index (κ3) is 4.20. The van der Waals surface area contributed by atoms with Crippen molar-refractivity contribution in [1.29, 1.82) is 0 Å². The fraction of sp³-hybridized carbons (Fsp3) is 0.444. The molecule has 0 aromatic heterocycles. The molecule has 0 fully saturated rings. The van der Waals surface area contributed by atoms with Gasteiger partial charge in [0.2, 0.25) is 11.8 Å². The van der Waals surface area contributed by atoms with Crippen molar-refractivity contribution < 1.29 is 9.59 Å². The molecular weight excluding hydrogens is 276 g/mol. The number of hydrogen-bond acceptors (Lipinski definition) is 2. The van der Waals surface area contributed by atoms with Crippen molar-refractivity contribution in [2.24, 2.45) is 5.92 Å². The lowest BCUT2D eigenvalue weighted by atomic mass is 10.0. The Balaban J connectivity index is 1.86. The summed E-state index contributed by atoms with van der Waals surface area (Å²) in [5.74, 6) is 0.191. The second-order valence-electron chi connectivity index (χ2n) is 6.02. The second kappa shape index (κ2) is 7.25. The zero-order valence-corrected chi connectivity index (χ0v) is 13.6. The first-order chi connectivity index (χ1) is 10.5. The zero-order chi connectivity index (χ0) is 16.1. The third-order valence-electron chi connectivity index (χ3n) is 4.23. The summed E-state index contributed by atoms with van der Waals surface area (Å²) >= 11 is 0. The normalized spacial score (nSPS) is 16.6. The van der Waals surface area contributed by atoms with Crippen LogP contribution in [0.5, 0.6) is 0 Å². The van der Waals surface area contributed by atoms with Gasteiger partial charge in [-0.15, -0.1) is 0 Å². The number of amides is 2. The van der Waals surface area contributed by atoms with Crippen LogP contribution in [0.25, 0.3) is 0 Å². The van der Waals surface area contributed by atoms with E-state index >= 15 is 0 Å². The van der Waals surface area contributed by atoms with E-state index in [9.17, 15) is 9.59 Å². The third-order valence-corrected chi connectivity index (χ3v) is 4.23. The van der Waals surface area contributed by atoms with Crippen LogP contribution in [0.2, 0.25) is 0 Å². The molecule has 1 aliphatic rings. The van der Waals surface area contributed by atoms with Gasteiger partial charge in [-0.1, -0.05) is 24.3 Å². The monoisotopic (exact) mass is 300 g/mol. The average Bonchev–Trinajstić information content (AvgIpc) is 2.96. The quantitative estimate of drug-likeness (QED) is 0.850. The molecule has 1 aromatic rings. The number of nitrogens with one attached hydrogen (secondary N) is 1. The lowest BCUT2D eigenvalue weighted by Gasteiger charge is -2.19. The van der Waals surface area contributed by atoms with Crippen molar-refractivity contribution in [3.63, 3.8) is 0 Å². The molecule has 0 bridgehead atoms. The zero-order valence-electron chi connectivity index (χ0n) is 13.6. The van der Waals surface area contributed by atoms with Crippen molar-refractivity contribution in [2.75, 3.05) is 18.9 Å². The molecule has 0 spiro atoms. The van der Waals surface area contributed by atoms with Gasteiger partial charge in [-0.25, -0.2) is 0 Å². The van der Waals surface area contributed by atoms with Gasteiger partial charge < -0.3 is 10.2 Å². The van der Waals surface area contributed by atoms with Gasteiger partial charge in [0, 0.05) is 19.2 Å². The highest BCUT2D eigenvalue weighted by atomic mass is 16.2. The van der Waals surface area contributed by atoms with Crippen LogP contribution >= 0.6 is 0 Å². The maximum absolute atomic E-state index is 12.1. The second-order valence-corrected chi connectivity index (χ2v) is 6.02. The molecule has 0 heterocycles. The van der Waals surface area contributed by atoms with E-state index in [0.29, 0.717) is 12.3 Å². The van der Waals surface area contributed by atoms with E-state index < -0.39 is 0 Å². The number of hydrogen-bond donors (Lipinski definition) is 1. The van der Waals surface area contributed by atoms with E-state index in [-0.39, 0.29) is 18.4 Å². The number of benzene rings is 1. The van der Waals surface area contributed by atoms with E-state index in [4.69, 9.17) is 0 Å². The summed E-state index contributed by atoms with van der Waals surface area (Å²) in [7, 11) is 1.68. The highest BCUT2D eigenvalue weighted by Gasteiger charge is 2.18. The van der Waals surface area contributed by atoms with E-state index in [1.807, 2.05) is 32.0 Å². The molecule has 0 radical (unpaired) electrons. The maximum Gasteiger partial charge on any atom is 0.243 e. The molecule has 118 valence electrons. The Bertz CT molecular complexity index is 593. The van der Waals surface area contributed by atoms with Crippen molar-refractivity contribution in [3.05, 3.63) is 41.5 Å². The molecule has 0 aliphatic heterocycles. The van der Waals surface area contributed by atoms with Crippen LogP contribution in [0.15, 0.2) is 30.4 Å². The standard InChI is InChI=1S/C18H24N2O2/c1-13-7-6-10-16(14(13)2)19-17(21)12-20(3)18(22)11-15-8-4-5-9-15/h4,6-8,10,15H,5,9,11-12H2,1-3H3,(H,19,21). The first-order valence-electron chi connectivity index (χ1n) is 7.74. The number of likely N-dealkylation sites (N-methyl/N-ethyl adjacent to an activating group) is 1. The molecule has 1 aliphatic carbocycles. The number of carbonyl (C=O) groups excluding carboxylic acids is 2. The molecule has 1 aromatic carbocycles. The number of nitrogens with zero attached hydrogens (tertiary/aromatic N) is 1. The molecule has 1 unspecified atom stereocenters. The topological polar surface area (TPSA) is 49.4 Å². The fourth-order valence-corrected chi connectivity index (χ4v) is 2.63. The van der Waals surface area contributed by atoms with Crippen molar-refractivity contribution in [1.82, 2.24) is 4.90 Å². The fourth-order valence-electron chi connectivity index (χ4n) is 2.63. The van der Waals surface area contributed by atoms with Crippen LogP contribution < -0.4 is 5.32 Å². The summed E-state index contributed by atoms with van der Waals surface area (Å²) in [5, 5.41) is 2.88. The number of carbonyl (C=O) groups is 2. The van der Waals surface area contributed by atoms with Gasteiger partial charge in [-0.05, 0) is 49.8 Å². The lowest BCUT2D eigenvalue weighted by Crippen LogP contribution is -2.35. The van der Waals surface area contributed by atoms with Crippen LogP contribution in [0, 0.1) is 19.8 Å². The van der Waals surface area contributed by atoms with E-state index in [2.05, 4.69) is 17.5 Å². The van der Waals surface area contributed by atoms with Gasteiger partial charge in [0.15, 0.2) is 0 Å².